The van der Waals surface area contributed by atoms with E-state index in [1.54, 1.807) is 83.1 Å². The fourth-order valence-electron chi connectivity index (χ4n) is 5.81. The number of nitrogens with zero attached hydrogens (tertiary/aromatic N) is 1. The highest BCUT2D eigenvalue weighted by Crippen LogP contribution is 2.39. The third kappa shape index (κ3) is 11.9. The van der Waals surface area contributed by atoms with E-state index in [1.807, 2.05) is 13.0 Å². The van der Waals surface area contributed by atoms with Crippen LogP contribution in [0.3, 0.4) is 0 Å². The summed E-state index contributed by atoms with van der Waals surface area (Å²) in [5.41, 5.74) is -3.74. The predicted octanol–water partition coefficient (Wildman–Crippen LogP) is 6.73. The number of allylic oxidation sites excluding steroid dienone is 1. The van der Waals surface area contributed by atoms with Gasteiger partial charge in [0.25, 0.3) is 0 Å². The second kappa shape index (κ2) is 17.2. The smallest absolute Gasteiger partial charge is 0.311 e. The normalized spacial score (nSPS) is 26.9. The van der Waals surface area contributed by atoms with Crippen LogP contribution in [-0.4, -0.2) is 83.9 Å². The molecular weight excluding hydrogens is 642 g/mol. The summed E-state index contributed by atoms with van der Waals surface area (Å²) >= 11 is 0. The molecule has 2 aliphatic heterocycles. The van der Waals surface area contributed by atoms with Crippen LogP contribution in [0.2, 0.25) is 0 Å². The number of unbranched alkanes of at least 4 members (excludes halogenated alkanes) is 1. The Labute approximate surface area is 300 Å². The number of piperidine rings is 1. The van der Waals surface area contributed by atoms with Crippen molar-refractivity contribution in [2.24, 2.45) is 21.7 Å². The second-order valence-electron chi connectivity index (χ2n) is 18.0. The summed E-state index contributed by atoms with van der Waals surface area (Å²) in [6.07, 6.45) is -0.158. The molecule has 0 spiro atoms. The van der Waals surface area contributed by atoms with Crippen molar-refractivity contribution in [3.05, 3.63) is 12.7 Å². The Kier molecular flexibility index (Phi) is 14.9. The van der Waals surface area contributed by atoms with Crippen molar-refractivity contribution in [1.29, 1.82) is 0 Å². The van der Waals surface area contributed by atoms with Gasteiger partial charge in [0.05, 0.1) is 21.7 Å². The first-order chi connectivity index (χ1) is 22.8. The predicted molar refractivity (Wildman–Crippen MR) is 190 cm³/mol. The second-order valence-corrected chi connectivity index (χ2v) is 18.0. The van der Waals surface area contributed by atoms with Gasteiger partial charge in [-0.15, -0.1) is 6.58 Å². The fraction of sp³-hybridized carbons (Fsp3) is 0.821. The zero-order valence-corrected chi connectivity index (χ0v) is 33.0. The average Bonchev–Trinajstić information content (AvgIpc) is 2.96. The highest BCUT2D eigenvalue weighted by molar-refractivity contribution is 5.81. The number of ether oxygens (including phenoxy) is 5. The molecule has 2 saturated heterocycles. The molecule has 11 nitrogen and oxygen atoms in total. The number of carbonyl (C=O) groups is 5. The topological polar surface area (TPSA) is 135 Å². The van der Waals surface area contributed by atoms with E-state index in [1.165, 1.54) is 0 Å². The Morgan fingerprint density at radius 1 is 0.720 bits per heavy atom. The molecule has 0 aliphatic carbocycles. The summed E-state index contributed by atoms with van der Waals surface area (Å²) in [6.45, 7) is 26.0. The average molecular weight is 708 g/mol. The van der Waals surface area contributed by atoms with Gasteiger partial charge < -0.3 is 23.7 Å². The molecule has 0 aromatic heterocycles. The van der Waals surface area contributed by atoms with Crippen molar-refractivity contribution in [2.45, 2.75) is 178 Å². The summed E-state index contributed by atoms with van der Waals surface area (Å²) < 4.78 is 31.4. The Morgan fingerprint density at radius 3 is 1.60 bits per heavy atom. The minimum absolute atomic E-state index is 0.130. The Bertz CT molecular complexity index is 1220. The highest BCUT2D eigenvalue weighted by Gasteiger charge is 2.58. The molecule has 0 saturated carbocycles. The molecule has 0 amide bonds. The number of esters is 4. The fourth-order valence-corrected chi connectivity index (χ4v) is 5.81. The Hall–Kier alpha value is -2.79. The van der Waals surface area contributed by atoms with E-state index >= 15 is 0 Å². The number of Topliss-reactive ketones (excluding diaryl/α,β-unsaturated/α-hetero) is 1. The number of rotatable bonds is 12. The molecule has 0 unspecified atom stereocenters. The number of hydrogen-bond donors (Lipinski definition) is 0. The van der Waals surface area contributed by atoms with Crippen LogP contribution >= 0.6 is 0 Å². The Balaban J connectivity index is 2.90. The van der Waals surface area contributed by atoms with E-state index in [0.717, 1.165) is 19.3 Å². The minimum Gasteiger partial charge on any atom is -0.462 e. The number of hydrogen-bond acceptors (Lipinski definition) is 11. The van der Waals surface area contributed by atoms with E-state index in [-0.39, 0.29) is 37.3 Å². The van der Waals surface area contributed by atoms with E-state index in [9.17, 15) is 24.0 Å². The zero-order valence-electron chi connectivity index (χ0n) is 33.0. The molecule has 2 aliphatic rings. The maximum Gasteiger partial charge on any atom is 0.311 e. The first-order valence-electron chi connectivity index (χ1n) is 18.2. The molecule has 0 N–H and O–H groups in total. The largest absolute Gasteiger partial charge is 0.462 e. The molecule has 0 radical (unpaired) electrons. The lowest BCUT2D eigenvalue weighted by molar-refractivity contribution is -0.293. The summed E-state index contributed by atoms with van der Waals surface area (Å²) in [6, 6.07) is -0.569. The lowest BCUT2D eigenvalue weighted by atomic mass is 9.86. The minimum atomic E-state index is -1.34. The lowest BCUT2D eigenvalue weighted by Gasteiger charge is -2.53. The van der Waals surface area contributed by atoms with Crippen LogP contribution in [-0.2, 0) is 47.7 Å². The van der Waals surface area contributed by atoms with Gasteiger partial charge in [-0.3, -0.25) is 28.9 Å². The van der Waals surface area contributed by atoms with Crippen LogP contribution in [0, 0.1) is 21.7 Å². The van der Waals surface area contributed by atoms with E-state index < -0.39 is 76.2 Å². The van der Waals surface area contributed by atoms with Crippen LogP contribution < -0.4 is 0 Å². The molecule has 0 bridgehead atoms. The van der Waals surface area contributed by atoms with Crippen LogP contribution in [0.5, 0.6) is 0 Å². The van der Waals surface area contributed by atoms with E-state index in [4.69, 9.17) is 23.7 Å². The van der Waals surface area contributed by atoms with Gasteiger partial charge in [0.1, 0.15) is 18.5 Å². The van der Waals surface area contributed by atoms with Crippen molar-refractivity contribution >= 4 is 29.7 Å². The van der Waals surface area contributed by atoms with Crippen LogP contribution in [0.4, 0.5) is 0 Å². The van der Waals surface area contributed by atoms with Crippen LogP contribution in [0.25, 0.3) is 0 Å². The number of carbonyl (C=O) groups excluding carboxylic acids is 5. The van der Waals surface area contributed by atoms with Gasteiger partial charge in [-0.1, -0.05) is 19.4 Å². The summed E-state index contributed by atoms with van der Waals surface area (Å²) in [5.74, 6) is -2.16. The maximum atomic E-state index is 13.8. The first kappa shape index (κ1) is 43.4. The molecular formula is C39H65NO10. The molecule has 2 fully saturated rings. The van der Waals surface area contributed by atoms with Gasteiger partial charge in [-0.2, -0.15) is 0 Å². The maximum absolute atomic E-state index is 13.8. The summed E-state index contributed by atoms with van der Waals surface area (Å²) in [7, 11) is 0. The molecule has 7 atom stereocenters. The van der Waals surface area contributed by atoms with Gasteiger partial charge in [0.2, 0.25) is 0 Å². The monoisotopic (exact) mass is 707 g/mol. The first-order valence-corrected chi connectivity index (χ1v) is 18.2. The summed E-state index contributed by atoms with van der Waals surface area (Å²) in [5, 5.41) is 0. The molecule has 50 heavy (non-hydrogen) atoms. The van der Waals surface area contributed by atoms with Crippen molar-refractivity contribution in [3.63, 3.8) is 0 Å². The number of ketones is 1. The van der Waals surface area contributed by atoms with Gasteiger partial charge in [-0.05, 0) is 109 Å². The van der Waals surface area contributed by atoms with Crippen molar-refractivity contribution in [3.8, 4) is 0 Å². The van der Waals surface area contributed by atoms with E-state index in [0.29, 0.717) is 12.8 Å². The van der Waals surface area contributed by atoms with Gasteiger partial charge in [-0.25, -0.2) is 0 Å². The van der Waals surface area contributed by atoms with E-state index in [2.05, 4.69) is 11.5 Å². The molecule has 0 aromatic rings. The molecule has 0 aromatic carbocycles. The van der Waals surface area contributed by atoms with Crippen LogP contribution in [0.15, 0.2) is 12.7 Å². The van der Waals surface area contributed by atoms with Crippen molar-refractivity contribution < 1.29 is 47.7 Å². The molecule has 2 rings (SSSR count). The van der Waals surface area contributed by atoms with Gasteiger partial charge in [0.15, 0.2) is 24.5 Å². The molecule has 11 heteroatoms. The molecule has 286 valence electrons. The Morgan fingerprint density at radius 2 is 1.16 bits per heavy atom. The summed E-state index contributed by atoms with van der Waals surface area (Å²) in [4.78, 5) is 69.4. The third-order valence-electron chi connectivity index (χ3n) is 8.80. The van der Waals surface area contributed by atoms with Crippen molar-refractivity contribution in [2.75, 3.05) is 6.61 Å². The lowest BCUT2D eigenvalue weighted by Crippen LogP contribution is -2.70. The number of likely N-dealkylation sites (tertiary alicyclic amines) is 1. The zero-order chi connectivity index (χ0) is 38.4. The van der Waals surface area contributed by atoms with Gasteiger partial charge >= 0.3 is 23.9 Å². The molecule has 2 heterocycles. The van der Waals surface area contributed by atoms with Gasteiger partial charge in [0, 0.05) is 24.9 Å². The highest BCUT2D eigenvalue weighted by atomic mass is 16.7. The SMILES string of the molecule is C=CCCC[C@@H]1CC(=O)C[C@H](CCC)N1[C@@H]1O[C@H](COC(=O)C(C)(C)C)[C@H](OC(=O)C(C)(C)C)[C@H](OC(=O)C(C)(C)C)[C@H]1OC(=O)C(C)(C)C. The van der Waals surface area contributed by atoms with Crippen molar-refractivity contribution in [1.82, 2.24) is 4.90 Å². The standard InChI is InChI=1S/C39H65NO10/c1-15-17-18-20-25-22-26(41)21-24(19-16-2)40(25)31-30(50-35(45)39(12,13)14)29(49-34(44)38(9,10)11)28(48-33(43)37(6,7)8)27(47-31)23-46-32(42)36(3,4)5/h15,24-25,27-31H,1,16-23H2,2-14H3/t24-,25+,27+,28-,29-,30+,31+/m0/s1. The third-order valence-corrected chi connectivity index (χ3v) is 8.80. The van der Waals surface area contributed by atoms with Crippen LogP contribution in [0.1, 0.15) is 135 Å². The quantitative estimate of drug-likeness (QED) is 0.0925.